The molecule has 176 valence electrons. The number of hydrogen-bond acceptors (Lipinski definition) is 5. The fraction of sp³-hybridized carbons (Fsp3) is 0.370. The molecule has 0 aliphatic carbocycles. The molecule has 2 aromatic carbocycles. The van der Waals surface area contributed by atoms with E-state index in [0.29, 0.717) is 17.2 Å². The van der Waals surface area contributed by atoms with Gasteiger partial charge in [0.15, 0.2) is 5.82 Å². The molecule has 0 N–H and O–H groups in total. The van der Waals surface area contributed by atoms with Gasteiger partial charge in [-0.1, -0.05) is 18.2 Å². The number of piperazine rings is 1. The number of aromatic nitrogens is 2. The minimum Gasteiger partial charge on any atom is -0.368 e. The van der Waals surface area contributed by atoms with Gasteiger partial charge in [-0.2, -0.15) is 0 Å². The maximum atomic E-state index is 13.4. The highest BCUT2D eigenvalue weighted by atomic mass is 19.1. The Bertz CT molecular complexity index is 1150. The van der Waals surface area contributed by atoms with Crippen molar-refractivity contribution in [2.45, 2.75) is 26.2 Å². The molecule has 0 bridgehead atoms. The van der Waals surface area contributed by atoms with Gasteiger partial charge in [0.25, 0.3) is 5.91 Å². The van der Waals surface area contributed by atoms with Gasteiger partial charge in [-0.3, -0.25) is 4.79 Å². The lowest BCUT2D eigenvalue weighted by Crippen LogP contribution is -2.48. The standard InChI is InChI=1S/C27H30FN5O/c1-20-7-3-4-8-24(20)31-15-17-32(18-16-31)26-23(27(34)33-13-5-2-6-14-33)19-29-25(30-26)21-9-11-22(28)12-10-21/h3-4,7-12,19H,2,5-6,13-18H2,1H3. The predicted molar refractivity (Wildman–Crippen MR) is 133 cm³/mol. The lowest BCUT2D eigenvalue weighted by atomic mass is 10.1. The molecule has 2 aliphatic heterocycles. The summed E-state index contributed by atoms with van der Waals surface area (Å²) in [4.78, 5) is 29.3. The Hall–Kier alpha value is -3.48. The lowest BCUT2D eigenvalue weighted by molar-refractivity contribution is 0.0724. The van der Waals surface area contributed by atoms with E-state index in [1.165, 1.54) is 23.4 Å². The number of carbonyl (C=O) groups is 1. The highest BCUT2D eigenvalue weighted by Gasteiger charge is 2.28. The Labute approximate surface area is 200 Å². The number of amides is 1. The zero-order valence-electron chi connectivity index (χ0n) is 19.6. The van der Waals surface area contributed by atoms with E-state index in [-0.39, 0.29) is 11.7 Å². The number of benzene rings is 2. The molecular formula is C27H30FN5O. The summed E-state index contributed by atoms with van der Waals surface area (Å²) < 4.78 is 13.4. The first-order valence-electron chi connectivity index (χ1n) is 12.1. The van der Waals surface area contributed by atoms with Crippen molar-refractivity contribution in [3.8, 4) is 11.4 Å². The molecular weight excluding hydrogens is 429 g/mol. The number of likely N-dealkylation sites (tertiary alicyclic amines) is 1. The van der Waals surface area contributed by atoms with Crippen molar-refractivity contribution in [1.82, 2.24) is 14.9 Å². The number of piperidine rings is 1. The minimum atomic E-state index is -0.298. The number of anilines is 2. The van der Waals surface area contributed by atoms with Gasteiger partial charge in [0.1, 0.15) is 17.2 Å². The largest absolute Gasteiger partial charge is 0.368 e. The topological polar surface area (TPSA) is 52.6 Å². The van der Waals surface area contributed by atoms with Gasteiger partial charge in [-0.15, -0.1) is 0 Å². The summed E-state index contributed by atoms with van der Waals surface area (Å²) >= 11 is 0. The minimum absolute atomic E-state index is 0.00156. The Morgan fingerprint density at radius 2 is 1.53 bits per heavy atom. The van der Waals surface area contributed by atoms with Crippen LogP contribution in [0.2, 0.25) is 0 Å². The Balaban J connectivity index is 1.44. The summed E-state index contributed by atoms with van der Waals surface area (Å²) in [5, 5.41) is 0. The monoisotopic (exact) mass is 459 g/mol. The summed E-state index contributed by atoms with van der Waals surface area (Å²) in [6, 6.07) is 14.6. The van der Waals surface area contributed by atoms with Crippen LogP contribution in [0.1, 0.15) is 35.2 Å². The molecule has 34 heavy (non-hydrogen) atoms. The number of aryl methyl sites for hydroxylation is 1. The molecule has 0 unspecified atom stereocenters. The third-order valence-electron chi connectivity index (χ3n) is 6.78. The average molecular weight is 460 g/mol. The lowest BCUT2D eigenvalue weighted by Gasteiger charge is -2.38. The van der Waals surface area contributed by atoms with Gasteiger partial charge in [-0.05, 0) is 62.1 Å². The van der Waals surface area contributed by atoms with Crippen LogP contribution in [0.15, 0.2) is 54.7 Å². The highest BCUT2D eigenvalue weighted by Crippen LogP contribution is 2.28. The van der Waals surface area contributed by atoms with Crippen molar-refractivity contribution in [2.75, 3.05) is 49.1 Å². The van der Waals surface area contributed by atoms with E-state index < -0.39 is 0 Å². The van der Waals surface area contributed by atoms with Gasteiger partial charge in [-0.25, -0.2) is 14.4 Å². The number of carbonyl (C=O) groups excluding carboxylic acids is 1. The molecule has 0 spiro atoms. The Kier molecular flexibility index (Phi) is 6.43. The first-order valence-corrected chi connectivity index (χ1v) is 12.1. The van der Waals surface area contributed by atoms with Gasteiger partial charge in [0, 0.05) is 56.7 Å². The van der Waals surface area contributed by atoms with Crippen LogP contribution >= 0.6 is 0 Å². The zero-order valence-corrected chi connectivity index (χ0v) is 19.6. The van der Waals surface area contributed by atoms with Crippen LogP contribution in [-0.2, 0) is 0 Å². The fourth-order valence-corrected chi connectivity index (χ4v) is 4.85. The van der Waals surface area contributed by atoms with Gasteiger partial charge in [0.2, 0.25) is 0 Å². The Morgan fingerprint density at radius 1 is 0.853 bits per heavy atom. The Morgan fingerprint density at radius 3 is 2.24 bits per heavy atom. The zero-order chi connectivity index (χ0) is 23.5. The molecule has 2 fully saturated rings. The molecule has 7 heteroatoms. The first-order chi connectivity index (χ1) is 16.6. The number of nitrogens with zero attached hydrogens (tertiary/aromatic N) is 5. The highest BCUT2D eigenvalue weighted by molar-refractivity contribution is 5.99. The van der Waals surface area contributed by atoms with Crippen molar-refractivity contribution in [3.63, 3.8) is 0 Å². The summed E-state index contributed by atoms with van der Waals surface area (Å²) in [7, 11) is 0. The second-order valence-corrected chi connectivity index (χ2v) is 9.05. The molecule has 5 rings (SSSR count). The van der Waals surface area contributed by atoms with Gasteiger partial charge < -0.3 is 14.7 Å². The van der Waals surface area contributed by atoms with Crippen molar-refractivity contribution in [1.29, 1.82) is 0 Å². The third kappa shape index (κ3) is 4.60. The normalized spacial score (nSPS) is 16.6. The SMILES string of the molecule is Cc1ccccc1N1CCN(c2nc(-c3ccc(F)cc3)ncc2C(=O)N2CCCCC2)CC1. The van der Waals surface area contributed by atoms with Gasteiger partial charge >= 0.3 is 0 Å². The molecule has 3 heterocycles. The first kappa shape index (κ1) is 22.3. The van der Waals surface area contributed by atoms with E-state index in [1.807, 2.05) is 4.90 Å². The predicted octanol–water partition coefficient (Wildman–Crippen LogP) is 4.54. The molecule has 2 saturated heterocycles. The maximum absolute atomic E-state index is 13.4. The molecule has 0 atom stereocenters. The second kappa shape index (κ2) is 9.79. The van der Waals surface area contributed by atoms with Crippen molar-refractivity contribution in [2.24, 2.45) is 0 Å². The van der Waals surface area contributed by atoms with E-state index in [2.05, 4.69) is 46.0 Å². The van der Waals surface area contributed by atoms with Crippen LogP contribution in [0, 0.1) is 12.7 Å². The van der Waals surface area contributed by atoms with Crippen molar-refractivity contribution in [3.05, 3.63) is 71.7 Å². The number of hydrogen-bond donors (Lipinski definition) is 0. The number of para-hydroxylation sites is 1. The smallest absolute Gasteiger partial charge is 0.259 e. The number of rotatable bonds is 4. The van der Waals surface area contributed by atoms with Crippen LogP contribution in [-0.4, -0.2) is 60.0 Å². The quantitative estimate of drug-likeness (QED) is 0.573. The molecule has 1 amide bonds. The van der Waals surface area contributed by atoms with Crippen molar-refractivity contribution >= 4 is 17.4 Å². The van der Waals surface area contributed by atoms with Crippen LogP contribution in [0.4, 0.5) is 15.9 Å². The molecule has 3 aromatic rings. The van der Waals surface area contributed by atoms with Crippen LogP contribution in [0.3, 0.4) is 0 Å². The van der Waals surface area contributed by atoms with E-state index in [1.54, 1.807) is 18.3 Å². The van der Waals surface area contributed by atoms with E-state index in [9.17, 15) is 9.18 Å². The van der Waals surface area contributed by atoms with E-state index >= 15 is 0 Å². The molecule has 2 aliphatic rings. The fourth-order valence-electron chi connectivity index (χ4n) is 4.85. The molecule has 1 aromatic heterocycles. The average Bonchev–Trinajstić information content (AvgIpc) is 2.89. The van der Waals surface area contributed by atoms with Crippen LogP contribution in [0.25, 0.3) is 11.4 Å². The maximum Gasteiger partial charge on any atom is 0.259 e. The summed E-state index contributed by atoms with van der Waals surface area (Å²) in [5.41, 5.74) is 3.80. The van der Waals surface area contributed by atoms with E-state index in [4.69, 9.17) is 4.98 Å². The van der Waals surface area contributed by atoms with Crippen LogP contribution < -0.4 is 9.80 Å². The molecule has 0 saturated carbocycles. The van der Waals surface area contributed by atoms with Gasteiger partial charge in [0.05, 0.1) is 0 Å². The molecule has 6 nitrogen and oxygen atoms in total. The summed E-state index contributed by atoms with van der Waals surface area (Å²) in [6.45, 7) is 6.90. The van der Waals surface area contributed by atoms with Crippen LogP contribution in [0.5, 0.6) is 0 Å². The summed E-state index contributed by atoms with van der Waals surface area (Å²) in [5.74, 6) is 0.885. The van der Waals surface area contributed by atoms with Crippen molar-refractivity contribution < 1.29 is 9.18 Å². The number of halogens is 1. The second-order valence-electron chi connectivity index (χ2n) is 9.05. The van der Waals surface area contributed by atoms with E-state index in [0.717, 1.165) is 64.1 Å². The third-order valence-corrected chi connectivity index (χ3v) is 6.78. The summed E-state index contributed by atoms with van der Waals surface area (Å²) in [6.07, 6.45) is 4.89. The molecule has 0 radical (unpaired) electrons.